The Labute approximate surface area is 115 Å². The van der Waals surface area contributed by atoms with Gasteiger partial charge >= 0.3 is 0 Å². The van der Waals surface area contributed by atoms with E-state index in [0.717, 1.165) is 18.2 Å². The number of carbonyl (C=O) groups excluding carboxylic acids is 1. The molecule has 1 heterocycles. The highest BCUT2D eigenvalue weighted by molar-refractivity contribution is 5.98. The van der Waals surface area contributed by atoms with E-state index in [4.69, 9.17) is 0 Å². The largest absolute Gasteiger partial charge is 0.330 e. The lowest BCUT2D eigenvalue weighted by Gasteiger charge is -2.39. The van der Waals surface area contributed by atoms with Gasteiger partial charge in [-0.2, -0.15) is 0 Å². The maximum absolute atomic E-state index is 13.3. The minimum absolute atomic E-state index is 0.103. The molecule has 0 spiro atoms. The van der Waals surface area contributed by atoms with Crippen LogP contribution in [0.5, 0.6) is 0 Å². The van der Waals surface area contributed by atoms with Gasteiger partial charge in [-0.1, -0.05) is 0 Å². The zero-order valence-corrected chi connectivity index (χ0v) is 11.3. The number of amides is 1. The highest BCUT2D eigenvalue weighted by Gasteiger charge is 2.33. The summed E-state index contributed by atoms with van der Waals surface area (Å²) in [6.45, 7) is 4.93. The van der Waals surface area contributed by atoms with Gasteiger partial charge in [0.05, 0.1) is 4.92 Å². The third-order valence-corrected chi connectivity index (χ3v) is 3.45. The first-order chi connectivity index (χ1) is 9.41. The van der Waals surface area contributed by atoms with Gasteiger partial charge in [0.2, 0.25) is 0 Å². The molecule has 0 saturated carbocycles. The monoisotopic (exact) mass is 281 g/mol. The summed E-state index contributed by atoms with van der Waals surface area (Å²) >= 11 is 0. The topological polar surface area (TPSA) is 75.5 Å². The molecule has 2 rings (SSSR count). The number of nitrogens with one attached hydrogen (secondary N) is 1. The molecule has 1 fully saturated rings. The number of carbonyl (C=O) groups is 1. The minimum Gasteiger partial charge on any atom is -0.330 e. The van der Waals surface area contributed by atoms with Gasteiger partial charge in [0.25, 0.3) is 11.6 Å². The molecule has 1 amide bonds. The van der Waals surface area contributed by atoms with Crippen molar-refractivity contribution in [1.29, 1.82) is 0 Å². The van der Waals surface area contributed by atoms with Gasteiger partial charge < -0.3 is 10.2 Å². The summed E-state index contributed by atoms with van der Waals surface area (Å²) in [7, 11) is 0. The number of nitrogens with zero attached hydrogens (tertiary/aromatic N) is 2. The molecule has 0 aliphatic carbocycles. The van der Waals surface area contributed by atoms with Crippen LogP contribution in [-0.2, 0) is 0 Å². The molecule has 1 saturated heterocycles. The van der Waals surface area contributed by atoms with Crippen LogP contribution in [0.15, 0.2) is 18.2 Å². The van der Waals surface area contributed by atoms with E-state index >= 15 is 0 Å². The van der Waals surface area contributed by atoms with E-state index in [9.17, 15) is 19.3 Å². The van der Waals surface area contributed by atoms with Crippen molar-refractivity contribution < 1.29 is 14.1 Å². The van der Waals surface area contributed by atoms with Crippen LogP contribution in [0.1, 0.15) is 24.2 Å². The van der Waals surface area contributed by atoms with Gasteiger partial charge in [0.15, 0.2) is 0 Å². The number of rotatable bonds is 2. The first-order valence-electron chi connectivity index (χ1n) is 6.39. The van der Waals surface area contributed by atoms with Gasteiger partial charge in [0, 0.05) is 31.2 Å². The summed E-state index contributed by atoms with van der Waals surface area (Å²) in [5, 5.41) is 14.2. The Morgan fingerprint density at radius 1 is 1.40 bits per heavy atom. The summed E-state index contributed by atoms with van der Waals surface area (Å²) in [5.41, 5.74) is -0.565. The Morgan fingerprint density at radius 3 is 2.55 bits per heavy atom. The molecule has 6 nitrogen and oxygen atoms in total. The Hall–Kier alpha value is -2.02. The zero-order chi connectivity index (χ0) is 14.9. The standard InChI is InChI=1S/C13H16FN3O3/c1-8-6-15-7-9(2)16(8)13(18)11-5-10(14)3-4-12(11)17(19)20/h3-5,8-9,15H,6-7H2,1-2H3. The van der Waals surface area contributed by atoms with E-state index in [1.54, 1.807) is 4.90 Å². The molecule has 0 radical (unpaired) electrons. The Kier molecular flexibility index (Phi) is 3.99. The number of benzene rings is 1. The quantitative estimate of drug-likeness (QED) is 0.659. The van der Waals surface area contributed by atoms with Crippen molar-refractivity contribution in [2.45, 2.75) is 25.9 Å². The second-order valence-corrected chi connectivity index (χ2v) is 4.99. The van der Waals surface area contributed by atoms with Crippen LogP contribution in [0.3, 0.4) is 0 Å². The fourth-order valence-corrected chi connectivity index (χ4v) is 2.51. The number of hydrogen-bond acceptors (Lipinski definition) is 4. The lowest BCUT2D eigenvalue weighted by Crippen LogP contribution is -2.57. The molecule has 7 heteroatoms. The normalized spacial score (nSPS) is 22.6. The predicted octanol–water partition coefficient (Wildman–Crippen LogP) is 1.56. The van der Waals surface area contributed by atoms with Crippen molar-refractivity contribution in [1.82, 2.24) is 10.2 Å². The van der Waals surface area contributed by atoms with Crippen molar-refractivity contribution in [2.75, 3.05) is 13.1 Å². The van der Waals surface area contributed by atoms with Gasteiger partial charge in [0.1, 0.15) is 11.4 Å². The van der Waals surface area contributed by atoms with Crippen molar-refractivity contribution in [3.05, 3.63) is 39.7 Å². The van der Waals surface area contributed by atoms with Crippen molar-refractivity contribution in [2.24, 2.45) is 0 Å². The third kappa shape index (κ3) is 2.62. The Bertz CT molecular complexity index is 540. The number of hydrogen-bond donors (Lipinski definition) is 1. The van der Waals surface area contributed by atoms with E-state index in [0.29, 0.717) is 13.1 Å². The molecule has 2 unspecified atom stereocenters. The molecule has 1 aromatic rings. The third-order valence-electron chi connectivity index (χ3n) is 3.45. The molecule has 108 valence electrons. The zero-order valence-electron chi connectivity index (χ0n) is 11.3. The van der Waals surface area contributed by atoms with E-state index < -0.39 is 16.6 Å². The van der Waals surface area contributed by atoms with Gasteiger partial charge in [-0.05, 0) is 26.0 Å². The number of piperazine rings is 1. The van der Waals surface area contributed by atoms with Crippen LogP contribution in [-0.4, -0.2) is 40.9 Å². The summed E-state index contributed by atoms with van der Waals surface area (Å²) in [6.07, 6.45) is 0. The van der Waals surface area contributed by atoms with Crippen LogP contribution in [0.25, 0.3) is 0 Å². The van der Waals surface area contributed by atoms with Crippen molar-refractivity contribution >= 4 is 11.6 Å². The molecule has 1 aliphatic heterocycles. The van der Waals surface area contributed by atoms with Crippen LogP contribution in [0.4, 0.5) is 10.1 Å². The first-order valence-corrected chi connectivity index (χ1v) is 6.39. The smallest absolute Gasteiger partial charge is 0.282 e. The second-order valence-electron chi connectivity index (χ2n) is 4.99. The number of halogens is 1. The summed E-state index contributed by atoms with van der Waals surface area (Å²) in [4.78, 5) is 24.4. The first kappa shape index (κ1) is 14.4. The Morgan fingerprint density at radius 2 is 2.00 bits per heavy atom. The number of nitro benzene ring substituents is 1. The predicted molar refractivity (Wildman–Crippen MR) is 71.0 cm³/mol. The highest BCUT2D eigenvalue weighted by Crippen LogP contribution is 2.24. The summed E-state index contributed by atoms with van der Waals surface area (Å²) in [6, 6.07) is 2.74. The lowest BCUT2D eigenvalue weighted by atomic mass is 10.1. The second kappa shape index (κ2) is 5.54. The highest BCUT2D eigenvalue weighted by atomic mass is 19.1. The summed E-state index contributed by atoms with van der Waals surface area (Å²) in [5.74, 6) is -1.16. The van der Waals surface area contributed by atoms with Gasteiger partial charge in [-0.25, -0.2) is 4.39 Å². The molecule has 0 bridgehead atoms. The molecular formula is C13H16FN3O3. The molecule has 1 aliphatic rings. The summed E-state index contributed by atoms with van der Waals surface area (Å²) < 4.78 is 13.3. The van der Waals surface area contributed by atoms with Crippen molar-refractivity contribution in [3.63, 3.8) is 0 Å². The molecule has 20 heavy (non-hydrogen) atoms. The molecule has 0 aromatic heterocycles. The Balaban J connectivity index is 2.42. The SMILES string of the molecule is CC1CNCC(C)N1C(=O)c1cc(F)ccc1[N+](=O)[O-]. The lowest BCUT2D eigenvalue weighted by molar-refractivity contribution is -0.385. The van der Waals surface area contributed by atoms with E-state index in [-0.39, 0.29) is 23.3 Å². The van der Waals surface area contributed by atoms with E-state index in [1.165, 1.54) is 0 Å². The average Bonchev–Trinajstić information content (AvgIpc) is 2.37. The van der Waals surface area contributed by atoms with Gasteiger partial charge in [-0.15, -0.1) is 0 Å². The van der Waals surface area contributed by atoms with Crippen LogP contribution in [0.2, 0.25) is 0 Å². The number of nitro groups is 1. The van der Waals surface area contributed by atoms with Gasteiger partial charge in [-0.3, -0.25) is 14.9 Å². The average molecular weight is 281 g/mol. The van der Waals surface area contributed by atoms with E-state index in [1.807, 2.05) is 13.8 Å². The fourth-order valence-electron chi connectivity index (χ4n) is 2.51. The van der Waals surface area contributed by atoms with Crippen LogP contribution in [0, 0.1) is 15.9 Å². The van der Waals surface area contributed by atoms with Crippen molar-refractivity contribution in [3.8, 4) is 0 Å². The minimum atomic E-state index is -0.662. The molecule has 2 atom stereocenters. The maximum atomic E-state index is 13.3. The fraction of sp³-hybridized carbons (Fsp3) is 0.462. The van der Waals surface area contributed by atoms with Crippen LogP contribution < -0.4 is 5.32 Å². The molecule has 1 N–H and O–H groups in total. The van der Waals surface area contributed by atoms with Crippen LogP contribution >= 0.6 is 0 Å². The molecule has 1 aromatic carbocycles. The molecular weight excluding hydrogens is 265 g/mol. The maximum Gasteiger partial charge on any atom is 0.282 e. The van der Waals surface area contributed by atoms with E-state index in [2.05, 4.69) is 5.32 Å².